The molecule has 0 radical (unpaired) electrons. The van der Waals surface area contributed by atoms with Gasteiger partial charge >= 0.3 is 12.1 Å². The van der Waals surface area contributed by atoms with Gasteiger partial charge in [0.05, 0.1) is 18.6 Å². The smallest absolute Gasteiger partial charge is 0.416 e. The summed E-state index contributed by atoms with van der Waals surface area (Å²) in [5, 5.41) is 10.2. The highest BCUT2D eigenvalue weighted by Gasteiger charge is 2.35. The van der Waals surface area contributed by atoms with Crippen LogP contribution in [0.1, 0.15) is 28.8 Å². The third-order valence-electron chi connectivity index (χ3n) is 5.52. The summed E-state index contributed by atoms with van der Waals surface area (Å²) in [6.45, 7) is 0.318. The number of para-hydroxylation sites is 1. The summed E-state index contributed by atoms with van der Waals surface area (Å²) in [7, 11) is 1.28. The first-order valence-electron chi connectivity index (χ1n) is 9.21. The SMILES string of the molecule is COc1cc(C(F)(F)F)c(Cc2c3n(c4ccccc24)CC(C(=O)O)CC3)cn1. The normalized spacial score (nSPS) is 16.6. The van der Waals surface area contributed by atoms with Crippen molar-refractivity contribution >= 4 is 16.9 Å². The molecule has 0 bridgehead atoms. The molecule has 0 fully saturated rings. The van der Waals surface area contributed by atoms with Crippen LogP contribution in [0.5, 0.6) is 5.88 Å². The van der Waals surface area contributed by atoms with Crippen molar-refractivity contribution in [3.05, 3.63) is 58.9 Å². The Morgan fingerprint density at radius 2 is 2.10 bits per heavy atom. The number of fused-ring (bicyclic) bond motifs is 3. The van der Waals surface area contributed by atoms with Crippen LogP contribution < -0.4 is 4.74 Å². The Balaban J connectivity index is 1.84. The van der Waals surface area contributed by atoms with Gasteiger partial charge in [-0.2, -0.15) is 13.2 Å². The molecule has 2 aromatic heterocycles. The number of methoxy groups -OCH3 is 1. The van der Waals surface area contributed by atoms with Crippen molar-refractivity contribution in [2.45, 2.75) is 32.0 Å². The number of alkyl halides is 3. The first-order chi connectivity index (χ1) is 13.8. The fourth-order valence-corrected chi connectivity index (χ4v) is 4.12. The number of aliphatic carboxylic acids is 1. The van der Waals surface area contributed by atoms with Crippen molar-refractivity contribution in [1.29, 1.82) is 0 Å². The highest BCUT2D eigenvalue weighted by Crippen LogP contribution is 2.38. The molecule has 0 saturated heterocycles. The average molecular weight is 404 g/mol. The predicted octanol–water partition coefficient (Wildman–Crippen LogP) is 4.30. The Bertz CT molecular complexity index is 1090. The molecule has 29 heavy (non-hydrogen) atoms. The third-order valence-corrected chi connectivity index (χ3v) is 5.52. The number of halogens is 3. The number of aromatic nitrogens is 2. The van der Waals surface area contributed by atoms with Crippen LogP contribution in [0, 0.1) is 5.92 Å². The van der Waals surface area contributed by atoms with Gasteiger partial charge in [0.25, 0.3) is 0 Å². The first kappa shape index (κ1) is 19.3. The Morgan fingerprint density at radius 1 is 1.34 bits per heavy atom. The second-order valence-corrected chi connectivity index (χ2v) is 7.19. The molecule has 1 N–H and O–H groups in total. The number of pyridine rings is 1. The molecule has 3 heterocycles. The van der Waals surface area contributed by atoms with Crippen molar-refractivity contribution in [2.75, 3.05) is 7.11 Å². The maximum atomic E-state index is 13.6. The topological polar surface area (TPSA) is 64.3 Å². The van der Waals surface area contributed by atoms with Gasteiger partial charge in [-0.3, -0.25) is 4.79 Å². The summed E-state index contributed by atoms with van der Waals surface area (Å²) in [5.74, 6) is -1.44. The number of rotatable bonds is 4. The molecule has 1 atom stereocenters. The van der Waals surface area contributed by atoms with Crippen LogP contribution in [-0.4, -0.2) is 27.7 Å². The van der Waals surface area contributed by atoms with E-state index < -0.39 is 23.6 Å². The molecule has 3 aromatic rings. The molecule has 0 spiro atoms. The lowest BCUT2D eigenvalue weighted by molar-refractivity contribution is -0.142. The van der Waals surface area contributed by atoms with Crippen molar-refractivity contribution in [1.82, 2.24) is 9.55 Å². The standard InChI is InChI=1S/C21H19F3N2O3/c1-29-19-9-16(21(22,23)24)13(10-25-19)8-15-14-4-2-3-5-17(14)26-11-12(20(27)28)6-7-18(15)26/h2-5,9-10,12H,6-8,11H2,1H3,(H,27,28). The number of carbonyl (C=O) groups is 1. The summed E-state index contributed by atoms with van der Waals surface area (Å²) in [4.78, 5) is 15.4. The lowest BCUT2D eigenvalue weighted by Gasteiger charge is -2.23. The zero-order chi connectivity index (χ0) is 20.8. The van der Waals surface area contributed by atoms with Crippen molar-refractivity contribution in [3.63, 3.8) is 0 Å². The number of carboxylic acids is 1. The van der Waals surface area contributed by atoms with Crippen LogP contribution in [0.4, 0.5) is 13.2 Å². The Labute approximate surface area is 164 Å². The van der Waals surface area contributed by atoms with E-state index in [1.54, 1.807) is 0 Å². The van der Waals surface area contributed by atoms with Gasteiger partial charge in [-0.05, 0) is 30.0 Å². The lowest BCUT2D eigenvalue weighted by Crippen LogP contribution is -2.26. The maximum absolute atomic E-state index is 13.6. The van der Waals surface area contributed by atoms with Crippen LogP contribution in [0.3, 0.4) is 0 Å². The van der Waals surface area contributed by atoms with E-state index in [0.717, 1.165) is 28.2 Å². The van der Waals surface area contributed by atoms with Crippen molar-refractivity contribution < 1.29 is 27.8 Å². The average Bonchev–Trinajstić information content (AvgIpc) is 3.01. The molecule has 0 aliphatic carbocycles. The fraction of sp³-hybridized carbons (Fsp3) is 0.333. The molecule has 0 saturated carbocycles. The van der Waals surface area contributed by atoms with Gasteiger partial charge in [0.15, 0.2) is 0 Å². The quantitative estimate of drug-likeness (QED) is 0.704. The molecule has 152 valence electrons. The van der Waals surface area contributed by atoms with Gasteiger partial charge < -0.3 is 14.4 Å². The van der Waals surface area contributed by atoms with Crippen LogP contribution in [0.15, 0.2) is 36.5 Å². The molecule has 1 unspecified atom stereocenters. The molecule has 8 heteroatoms. The molecular formula is C21H19F3N2O3. The van der Waals surface area contributed by atoms with Crippen molar-refractivity contribution in [3.8, 4) is 5.88 Å². The maximum Gasteiger partial charge on any atom is 0.416 e. The van der Waals surface area contributed by atoms with E-state index in [9.17, 15) is 23.1 Å². The summed E-state index contributed by atoms with van der Waals surface area (Å²) in [6.07, 6.45) is -2.29. The van der Waals surface area contributed by atoms with Crippen LogP contribution in [0.2, 0.25) is 0 Å². The van der Waals surface area contributed by atoms with E-state index in [1.807, 2.05) is 28.8 Å². The third kappa shape index (κ3) is 3.43. The monoisotopic (exact) mass is 404 g/mol. The van der Waals surface area contributed by atoms with Gasteiger partial charge in [-0.25, -0.2) is 4.98 Å². The Morgan fingerprint density at radius 3 is 2.79 bits per heavy atom. The van der Waals surface area contributed by atoms with Crippen LogP contribution in [-0.2, 0) is 30.4 Å². The van der Waals surface area contributed by atoms with E-state index in [1.165, 1.54) is 13.3 Å². The lowest BCUT2D eigenvalue weighted by atomic mass is 9.93. The minimum Gasteiger partial charge on any atom is -0.481 e. The number of hydrogen-bond acceptors (Lipinski definition) is 3. The zero-order valence-electron chi connectivity index (χ0n) is 15.7. The largest absolute Gasteiger partial charge is 0.481 e. The molecule has 5 nitrogen and oxygen atoms in total. The Hall–Kier alpha value is -3.03. The van der Waals surface area contributed by atoms with E-state index in [4.69, 9.17) is 4.74 Å². The second kappa shape index (κ2) is 7.09. The molecular weight excluding hydrogens is 385 g/mol. The van der Waals surface area contributed by atoms with Gasteiger partial charge in [-0.15, -0.1) is 0 Å². The molecule has 1 aliphatic rings. The zero-order valence-corrected chi connectivity index (χ0v) is 15.7. The van der Waals surface area contributed by atoms with Gasteiger partial charge in [0.1, 0.15) is 0 Å². The first-order valence-corrected chi connectivity index (χ1v) is 9.21. The highest BCUT2D eigenvalue weighted by atomic mass is 19.4. The Kier molecular flexibility index (Phi) is 4.72. The van der Waals surface area contributed by atoms with E-state index >= 15 is 0 Å². The highest BCUT2D eigenvalue weighted by molar-refractivity contribution is 5.86. The van der Waals surface area contributed by atoms with Crippen molar-refractivity contribution in [2.24, 2.45) is 5.92 Å². The fourth-order valence-electron chi connectivity index (χ4n) is 4.12. The summed E-state index contributed by atoms with van der Waals surface area (Å²) < 4.78 is 47.7. The minimum atomic E-state index is -4.53. The van der Waals surface area contributed by atoms with Gasteiger partial charge in [0.2, 0.25) is 5.88 Å². The summed E-state index contributed by atoms with van der Waals surface area (Å²) >= 11 is 0. The number of hydrogen-bond donors (Lipinski definition) is 1. The molecule has 4 rings (SSSR count). The summed E-state index contributed by atoms with van der Waals surface area (Å²) in [6, 6.07) is 8.35. The molecule has 0 amide bonds. The summed E-state index contributed by atoms with van der Waals surface area (Å²) in [5.41, 5.74) is 1.83. The number of carboxylic acid groups (broad SMARTS) is 1. The number of ether oxygens (including phenoxy) is 1. The predicted molar refractivity (Wildman–Crippen MR) is 100.0 cm³/mol. The second-order valence-electron chi connectivity index (χ2n) is 7.19. The number of nitrogens with zero attached hydrogens (tertiary/aromatic N) is 2. The van der Waals surface area contributed by atoms with Gasteiger partial charge in [0, 0.05) is 41.8 Å². The van der Waals surface area contributed by atoms with Gasteiger partial charge in [-0.1, -0.05) is 18.2 Å². The van der Waals surface area contributed by atoms with Crippen LogP contribution in [0.25, 0.3) is 10.9 Å². The van der Waals surface area contributed by atoms with E-state index in [0.29, 0.717) is 19.4 Å². The minimum absolute atomic E-state index is 0.0619. The van der Waals surface area contributed by atoms with Crippen LogP contribution >= 0.6 is 0 Å². The number of benzene rings is 1. The van der Waals surface area contributed by atoms with E-state index in [2.05, 4.69) is 4.98 Å². The molecule has 1 aromatic carbocycles. The van der Waals surface area contributed by atoms with E-state index in [-0.39, 0.29) is 17.9 Å². The molecule has 1 aliphatic heterocycles.